The Labute approximate surface area is 123 Å². The molecule has 2 aliphatic rings. The number of sulfone groups is 1. The van der Waals surface area contributed by atoms with Crippen molar-refractivity contribution in [2.75, 3.05) is 18.1 Å². The van der Waals surface area contributed by atoms with Crippen molar-refractivity contribution in [1.29, 1.82) is 0 Å². The smallest absolute Gasteiger partial charge is 0.315 e. The Morgan fingerprint density at radius 3 is 2.86 bits per heavy atom. The van der Waals surface area contributed by atoms with Crippen molar-refractivity contribution < 1.29 is 17.9 Å². The van der Waals surface area contributed by atoms with Gasteiger partial charge in [-0.1, -0.05) is 18.2 Å². The van der Waals surface area contributed by atoms with Gasteiger partial charge in [-0.25, -0.2) is 13.2 Å². The molecule has 2 amide bonds. The predicted octanol–water partition coefficient (Wildman–Crippen LogP) is 0.476. The van der Waals surface area contributed by atoms with Gasteiger partial charge in [-0.15, -0.1) is 0 Å². The Kier molecular flexibility index (Phi) is 3.75. The van der Waals surface area contributed by atoms with Gasteiger partial charge in [0, 0.05) is 12.5 Å². The minimum absolute atomic E-state index is 0.0335. The monoisotopic (exact) mass is 310 g/mol. The number of hydrogen-bond acceptors (Lipinski definition) is 4. The van der Waals surface area contributed by atoms with Crippen molar-refractivity contribution in [1.82, 2.24) is 10.6 Å². The fourth-order valence-corrected chi connectivity index (χ4v) is 4.39. The highest BCUT2D eigenvalue weighted by atomic mass is 32.2. The first-order chi connectivity index (χ1) is 10.0. The third-order valence-corrected chi connectivity index (χ3v) is 5.54. The third kappa shape index (κ3) is 3.47. The molecule has 1 aromatic rings. The quantitative estimate of drug-likeness (QED) is 0.850. The molecule has 114 valence electrons. The molecule has 6 nitrogen and oxygen atoms in total. The van der Waals surface area contributed by atoms with Gasteiger partial charge in [0.2, 0.25) is 0 Å². The van der Waals surface area contributed by atoms with Crippen LogP contribution in [0.25, 0.3) is 0 Å². The average Bonchev–Trinajstić information content (AvgIpc) is 2.99. The fraction of sp³-hybridized carbons (Fsp3) is 0.500. The molecule has 2 heterocycles. The molecule has 7 heteroatoms. The van der Waals surface area contributed by atoms with Crippen molar-refractivity contribution in [3.05, 3.63) is 29.8 Å². The highest BCUT2D eigenvalue weighted by molar-refractivity contribution is 7.91. The minimum Gasteiger partial charge on any atom is -0.488 e. The van der Waals surface area contributed by atoms with Gasteiger partial charge in [-0.3, -0.25) is 0 Å². The van der Waals surface area contributed by atoms with E-state index in [0.29, 0.717) is 13.0 Å². The number of ether oxygens (including phenoxy) is 1. The van der Waals surface area contributed by atoms with Crippen LogP contribution in [-0.2, 0) is 16.3 Å². The van der Waals surface area contributed by atoms with Gasteiger partial charge >= 0.3 is 6.03 Å². The molecule has 2 atom stereocenters. The minimum atomic E-state index is -2.98. The molecule has 1 saturated heterocycles. The maximum Gasteiger partial charge on any atom is 0.315 e. The number of carbonyl (C=O) groups is 1. The molecule has 0 radical (unpaired) electrons. The van der Waals surface area contributed by atoms with Gasteiger partial charge in [0.05, 0.1) is 18.1 Å². The lowest BCUT2D eigenvalue weighted by Gasteiger charge is -2.15. The van der Waals surface area contributed by atoms with Gasteiger partial charge in [0.1, 0.15) is 11.9 Å². The molecule has 1 aromatic carbocycles. The predicted molar refractivity (Wildman–Crippen MR) is 78.2 cm³/mol. The van der Waals surface area contributed by atoms with E-state index in [4.69, 9.17) is 4.74 Å². The Morgan fingerprint density at radius 2 is 2.14 bits per heavy atom. The molecular weight excluding hydrogens is 292 g/mol. The van der Waals surface area contributed by atoms with Crippen LogP contribution in [0.3, 0.4) is 0 Å². The van der Waals surface area contributed by atoms with E-state index >= 15 is 0 Å². The van der Waals surface area contributed by atoms with Crippen LogP contribution in [0.5, 0.6) is 5.75 Å². The molecule has 3 rings (SSSR count). The maximum absolute atomic E-state index is 11.8. The molecule has 2 unspecified atom stereocenters. The second-order valence-electron chi connectivity index (χ2n) is 5.51. The summed E-state index contributed by atoms with van der Waals surface area (Å²) in [6.07, 6.45) is 1.19. The Bertz CT molecular complexity index is 619. The number of hydrogen-bond donors (Lipinski definition) is 2. The summed E-state index contributed by atoms with van der Waals surface area (Å²) >= 11 is 0. The molecule has 2 aliphatic heterocycles. The number of carbonyl (C=O) groups excluding carboxylic acids is 1. The second-order valence-corrected chi connectivity index (χ2v) is 7.73. The van der Waals surface area contributed by atoms with Crippen LogP contribution in [0.2, 0.25) is 0 Å². The molecule has 0 saturated carbocycles. The van der Waals surface area contributed by atoms with Crippen molar-refractivity contribution in [3.8, 4) is 5.75 Å². The van der Waals surface area contributed by atoms with Crippen molar-refractivity contribution in [3.63, 3.8) is 0 Å². The second kappa shape index (κ2) is 5.55. The normalized spacial score (nSPS) is 25.9. The fourth-order valence-electron chi connectivity index (χ4n) is 2.72. The summed E-state index contributed by atoms with van der Waals surface area (Å²) in [6.45, 7) is 0.403. The summed E-state index contributed by atoms with van der Waals surface area (Å²) < 4.78 is 28.4. The van der Waals surface area contributed by atoms with Gasteiger partial charge in [-0.2, -0.15) is 0 Å². The SMILES string of the molecule is O=C(NCC1Cc2ccccc2O1)NC1CCS(=O)(=O)C1. The van der Waals surface area contributed by atoms with Crippen molar-refractivity contribution in [2.24, 2.45) is 0 Å². The zero-order valence-corrected chi connectivity index (χ0v) is 12.4. The number of nitrogens with one attached hydrogen (secondary N) is 2. The lowest BCUT2D eigenvalue weighted by Crippen LogP contribution is -2.45. The summed E-state index contributed by atoms with van der Waals surface area (Å²) in [5.41, 5.74) is 1.14. The molecule has 0 aromatic heterocycles. The van der Waals surface area contributed by atoms with Crippen LogP contribution in [0.15, 0.2) is 24.3 Å². The van der Waals surface area contributed by atoms with E-state index in [1.807, 2.05) is 24.3 Å². The molecule has 21 heavy (non-hydrogen) atoms. The van der Waals surface area contributed by atoms with Crippen LogP contribution < -0.4 is 15.4 Å². The van der Waals surface area contributed by atoms with E-state index in [-0.39, 0.29) is 29.7 Å². The summed E-state index contributed by atoms with van der Waals surface area (Å²) in [5, 5.41) is 5.44. The summed E-state index contributed by atoms with van der Waals surface area (Å²) in [5.74, 6) is 1.05. The van der Waals surface area contributed by atoms with Gasteiger partial charge in [-0.05, 0) is 18.1 Å². The number of para-hydroxylation sites is 1. The van der Waals surface area contributed by atoms with E-state index in [1.54, 1.807) is 0 Å². The zero-order valence-electron chi connectivity index (χ0n) is 11.5. The number of urea groups is 1. The van der Waals surface area contributed by atoms with Crippen LogP contribution in [-0.4, -0.2) is 44.6 Å². The maximum atomic E-state index is 11.8. The number of fused-ring (bicyclic) bond motifs is 1. The van der Waals surface area contributed by atoms with Crippen molar-refractivity contribution >= 4 is 15.9 Å². The molecular formula is C14H18N2O4S. The molecule has 2 N–H and O–H groups in total. The van der Waals surface area contributed by atoms with E-state index < -0.39 is 9.84 Å². The Hall–Kier alpha value is -1.76. The van der Waals surface area contributed by atoms with E-state index in [2.05, 4.69) is 10.6 Å². The standard InChI is InChI=1S/C14H18N2O4S/c17-14(16-11-5-6-21(18,19)9-11)15-8-12-7-10-3-1-2-4-13(10)20-12/h1-4,11-12H,5-9H2,(H2,15,16,17). The van der Waals surface area contributed by atoms with Crippen molar-refractivity contribution in [2.45, 2.75) is 25.0 Å². The highest BCUT2D eigenvalue weighted by Gasteiger charge is 2.29. The number of benzene rings is 1. The first-order valence-corrected chi connectivity index (χ1v) is 8.83. The molecule has 1 fully saturated rings. The highest BCUT2D eigenvalue weighted by Crippen LogP contribution is 2.27. The van der Waals surface area contributed by atoms with E-state index in [0.717, 1.165) is 17.7 Å². The number of rotatable bonds is 3. The van der Waals surface area contributed by atoms with E-state index in [9.17, 15) is 13.2 Å². The van der Waals surface area contributed by atoms with Crippen LogP contribution in [0.1, 0.15) is 12.0 Å². The topological polar surface area (TPSA) is 84.5 Å². The largest absolute Gasteiger partial charge is 0.488 e. The van der Waals surface area contributed by atoms with Crippen LogP contribution in [0, 0.1) is 0 Å². The average molecular weight is 310 g/mol. The molecule has 0 spiro atoms. The van der Waals surface area contributed by atoms with Gasteiger partial charge in [0.25, 0.3) is 0 Å². The van der Waals surface area contributed by atoms with Gasteiger partial charge < -0.3 is 15.4 Å². The van der Waals surface area contributed by atoms with Crippen LogP contribution in [0.4, 0.5) is 4.79 Å². The first-order valence-electron chi connectivity index (χ1n) is 7.01. The molecule has 0 bridgehead atoms. The summed E-state index contributed by atoms with van der Waals surface area (Å²) in [4.78, 5) is 11.8. The zero-order chi connectivity index (χ0) is 14.9. The Morgan fingerprint density at radius 1 is 1.33 bits per heavy atom. The first kappa shape index (κ1) is 14.2. The lowest BCUT2D eigenvalue weighted by atomic mass is 10.1. The van der Waals surface area contributed by atoms with Crippen LogP contribution >= 0.6 is 0 Å². The summed E-state index contributed by atoms with van der Waals surface area (Å²) in [7, 11) is -2.98. The third-order valence-electron chi connectivity index (χ3n) is 3.77. The lowest BCUT2D eigenvalue weighted by molar-refractivity contribution is 0.212. The van der Waals surface area contributed by atoms with E-state index in [1.165, 1.54) is 0 Å². The summed E-state index contributed by atoms with van der Waals surface area (Å²) in [6, 6.07) is 7.19. The number of amides is 2. The Balaban J connectivity index is 1.43. The van der Waals surface area contributed by atoms with Gasteiger partial charge in [0.15, 0.2) is 9.84 Å². The molecule has 0 aliphatic carbocycles.